The molecule has 0 bridgehead atoms. The summed E-state index contributed by atoms with van der Waals surface area (Å²) in [4.78, 5) is 14.5. The molecule has 0 radical (unpaired) electrons. The summed E-state index contributed by atoms with van der Waals surface area (Å²) in [6.07, 6.45) is 1.53. The van der Waals surface area contributed by atoms with Crippen molar-refractivity contribution in [3.63, 3.8) is 0 Å². The molecule has 0 saturated carbocycles. The number of aromatic nitrogens is 1. The quantitative estimate of drug-likeness (QED) is 0.684. The highest BCUT2D eigenvalue weighted by Gasteiger charge is 2.16. The van der Waals surface area contributed by atoms with E-state index in [1.165, 1.54) is 12.3 Å². The number of hydrogen-bond acceptors (Lipinski definition) is 4. The monoisotopic (exact) mass is 321 g/mol. The third-order valence-corrected chi connectivity index (χ3v) is 3.18. The second-order valence-corrected chi connectivity index (χ2v) is 4.96. The average molecular weight is 322 g/mol. The lowest BCUT2D eigenvalue weighted by Crippen LogP contribution is -2.09. The van der Waals surface area contributed by atoms with Crippen molar-refractivity contribution in [2.24, 2.45) is 0 Å². The van der Waals surface area contributed by atoms with E-state index in [0.29, 0.717) is 0 Å². The molecule has 1 heterocycles. The molecule has 0 unspecified atom stereocenters. The first-order valence-corrected chi connectivity index (χ1v) is 6.48. The van der Waals surface area contributed by atoms with Crippen LogP contribution in [0.4, 0.5) is 11.5 Å². The first-order valence-electron chi connectivity index (χ1n) is 5.69. The average Bonchev–Trinajstić information content (AvgIpc) is 2.39. The summed E-state index contributed by atoms with van der Waals surface area (Å²) in [6.45, 7) is 1.93. The fourth-order valence-electron chi connectivity index (χ4n) is 1.72. The number of benzene rings is 1. The van der Waals surface area contributed by atoms with Crippen molar-refractivity contribution in [2.75, 3.05) is 5.32 Å². The largest absolute Gasteiger partial charge is 0.358 e. The fourth-order valence-corrected chi connectivity index (χ4v) is 2.14. The summed E-state index contributed by atoms with van der Waals surface area (Å²) >= 11 is 3.40. The molecule has 0 saturated heterocycles. The smallest absolute Gasteiger partial charge is 0.311 e. The van der Waals surface area contributed by atoms with Gasteiger partial charge in [0.05, 0.1) is 11.0 Å². The second kappa shape index (κ2) is 5.79. The minimum Gasteiger partial charge on any atom is -0.358 e. The number of nitrogens with zero attached hydrogens (tertiary/aromatic N) is 2. The van der Waals surface area contributed by atoms with Crippen molar-refractivity contribution in [1.82, 2.24) is 4.98 Å². The number of nitrogens with one attached hydrogen (secondary N) is 1. The van der Waals surface area contributed by atoms with Crippen LogP contribution in [-0.2, 0) is 0 Å². The van der Waals surface area contributed by atoms with E-state index in [4.69, 9.17) is 0 Å². The zero-order valence-electron chi connectivity index (χ0n) is 10.2. The van der Waals surface area contributed by atoms with Crippen molar-refractivity contribution in [2.45, 2.75) is 13.0 Å². The number of anilines is 1. The van der Waals surface area contributed by atoms with E-state index in [-0.39, 0.29) is 17.5 Å². The maximum atomic E-state index is 10.9. The molecule has 1 aromatic carbocycles. The van der Waals surface area contributed by atoms with Gasteiger partial charge >= 0.3 is 5.69 Å². The van der Waals surface area contributed by atoms with Crippen LogP contribution in [0.5, 0.6) is 0 Å². The topological polar surface area (TPSA) is 68.1 Å². The predicted octanol–water partition coefficient (Wildman–Crippen LogP) is 3.93. The number of rotatable bonds is 4. The maximum absolute atomic E-state index is 10.9. The Labute approximate surface area is 119 Å². The van der Waals surface area contributed by atoms with Crippen LogP contribution in [0.25, 0.3) is 0 Å². The van der Waals surface area contributed by atoms with Crippen LogP contribution in [0.15, 0.2) is 47.1 Å². The van der Waals surface area contributed by atoms with Crippen molar-refractivity contribution in [3.8, 4) is 0 Å². The minimum atomic E-state index is -0.442. The van der Waals surface area contributed by atoms with Crippen LogP contribution < -0.4 is 5.32 Å². The summed E-state index contributed by atoms with van der Waals surface area (Å²) in [5.74, 6) is 0.278. The van der Waals surface area contributed by atoms with Crippen LogP contribution in [0, 0.1) is 10.1 Å². The number of halogens is 1. The van der Waals surface area contributed by atoms with Gasteiger partial charge in [-0.25, -0.2) is 4.98 Å². The van der Waals surface area contributed by atoms with Gasteiger partial charge in [-0.3, -0.25) is 10.1 Å². The Hall–Kier alpha value is -1.95. The van der Waals surface area contributed by atoms with Gasteiger partial charge in [-0.15, -0.1) is 0 Å². The lowest BCUT2D eigenvalue weighted by Gasteiger charge is -2.15. The van der Waals surface area contributed by atoms with E-state index in [9.17, 15) is 10.1 Å². The lowest BCUT2D eigenvalue weighted by atomic mass is 10.1. The van der Waals surface area contributed by atoms with Gasteiger partial charge in [0.25, 0.3) is 0 Å². The van der Waals surface area contributed by atoms with Crippen LogP contribution >= 0.6 is 15.9 Å². The third kappa shape index (κ3) is 3.29. The number of hydrogen-bond donors (Lipinski definition) is 1. The van der Waals surface area contributed by atoms with Crippen molar-refractivity contribution >= 4 is 27.4 Å². The summed E-state index contributed by atoms with van der Waals surface area (Å²) in [6, 6.07) is 10.7. The Bertz CT molecular complexity index is 604. The van der Waals surface area contributed by atoms with E-state index >= 15 is 0 Å². The lowest BCUT2D eigenvalue weighted by molar-refractivity contribution is -0.384. The predicted molar refractivity (Wildman–Crippen MR) is 77.1 cm³/mol. The molecule has 1 aromatic heterocycles. The third-order valence-electron chi connectivity index (χ3n) is 2.69. The molecule has 0 aliphatic rings. The molecule has 0 aliphatic carbocycles. The van der Waals surface area contributed by atoms with E-state index in [0.717, 1.165) is 10.0 Å². The molecule has 0 aliphatic heterocycles. The van der Waals surface area contributed by atoms with Gasteiger partial charge < -0.3 is 5.32 Å². The Morgan fingerprint density at radius 2 is 2.16 bits per heavy atom. The van der Waals surface area contributed by atoms with Gasteiger partial charge in [-0.05, 0) is 30.7 Å². The molecule has 0 amide bonds. The first kappa shape index (κ1) is 13.5. The summed E-state index contributed by atoms with van der Waals surface area (Å²) in [5.41, 5.74) is 0.999. The highest BCUT2D eigenvalue weighted by atomic mass is 79.9. The van der Waals surface area contributed by atoms with Crippen LogP contribution in [0.1, 0.15) is 18.5 Å². The van der Waals surface area contributed by atoms with Gasteiger partial charge in [0.1, 0.15) is 0 Å². The number of nitro groups is 1. The SMILES string of the molecule is C[C@@H](Nc1ncccc1[N+](=O)[O-])c1cccc(Br)c1. The summed E-state index contributed by atoms with van der Waals surface area (Å²) in [7, 11) is 0. The zero-order chi connectivity index (χ0) is 13.8. The fraction of sp³-hybridized carbons (Fsp3) is 0.154. The van der Waals surface area contributed by atoms with E-state index < -0.39 is 4.92 Å². The van der Waals surface area contributed by atoms with Gasteiger partial charge in [0.15, 0.2) is 0 Å². The molecule has 1 atom stereocenters. The molecule has 1 N–H and O–H groups in total. The molecule has 2 aromatic rings. The van der Waals surface area contributed by atoms with Crippen LogP contribution in [0.3, 0.4) is 0 Å². The first-order chi connectivity index (χ1) is 9.08. The molecule has 0 spiro atoms. The molecule has 6 heteroatoms. The Balaban J connectivity index is 2.24. The molecular weight excluding hydrogens is 310 g/mol. The Morgan fingerprint density at radius 3 is 2.84 bits per heavy atom. The maximum Gasteiger partial charge on any atom is 0.311 e. The van der Waals surface area contributed by atoms with Crippen LogP contribution in [0.2, 0.25) is 0 Å². The van der Waals surface area contributed by atoms with E-state index in [1.807, 2.05) is 31.2 Å². The second-order valence-electron chi connectivity index (χ2n) is 4.05. The van der Waals surface area contributed by atoms with Gasteiger partial charge in [-0.2, -0.15) is 0 Å². The molecule has 5 nitrogen and oxygen atoms in total. The summed E-state index contributed by atoms with van der Waals surface area (Å²) < 4.78 is 0.967. The normalized spacial score (nSPS) is 11.9. The molecule has 98 valence electrons. The highest BCUT2D eigenvalue weighted by Crippen LogP contribution is 2.26. The van der Waals surface area contributed by atoms with Gasteiger partial charge in [0, 0.05) is 16.7 Å². The highest BCUT2D eigenvalue weighted by molar-refractivity contribution is 9.10. The van der Waals surface area contributed by atoms with E-state index in [1.54, 1.807) is 6.07 Å². The Morgan fingerprint density at radius 1 is 1.37 bits per heavy atom. The molecule has 19 heavy (non-hydrogen) atoms. The van der Waals surface area contributed by atoms with Crippen molar-refractivity contribution < 1.29 is 4.92 Å². The molecule has 0 fully saturated rings. The van der Waals surface area contributed by atoms with Crippen molar-refractivity contribution in [3.05, 3.63) is 62.7 Å². The summed E-state index contributed by atoms with van der Waals surface area (Å²) in [5, 5.41) is 14.0. The van der Waals surface area contributed by atoms with Crippen molar-refractivity contribution in [1.29, 1.82) is 0 Å². The zero-order valence-corrected chi connectivity index (χ0v) is 11.8. The molecule has 2 rings (SSSR count). The van der Waals surface area contributed by atoms with Gasteiger partial charge in [0.2, 0.25) is 5.82 Å². The Kier molecular flexibility index (Phi) is 4.11. The minimum absolute atomic E-state index is 0.0238. The van der Waals surface area contributed by atoms with Crippen LogP contribution in [-0.4, -0.2) is 9.91 Å². The molecular formula is C13H12BrN3O2. The van der Waals surface area contributed by atoms with E-state index in [2.05, 4.69) is 26.2 Å². The standard InChI is InChI=1S/C13H12BrN3O2/c1-9(10-4-2-5-11(14)8-10)16-13-12(17(18)19)6-3-7-15-13/h2-9H,1H3,(H,15,16)/t9-/m1/s1. The number of pyridine rings is 1. The van der Waals surface area contributed by atoms with Gasteiger partial charge in [-0.1, -0.05) is 28.1 Å².